The number of rotatable bonds is 5. The predicted octanol–water partition coefficient (Wildman–Crippen LogP) is 3.00. The Bertz CT molecular complexity index is 462. The van der Waals surface area contributed by atoms with Gasteiger partial charge >= 0.3 is 12.2 Å². The highest BCUT2D eigenvalue weighted by atomic mass is 16.6. The van der Waals surface area contributed by atoms with Gasteiger partial charge in [-0.15, -0.1) is 0 Å². The molecule has 0 aliphatic rings. The molecule has 6 nitrogen and oxygen atoms in total. The molecule has 0 heterocycles. The Morgan fingerprint density at radius 2 is 2.05 bits per heavy atom. The summed E-state index contributed by atoms with van der Waals surface area (Å²) >= 11 is 0. The molecule has 0 saturated carbocycles. The second-order valence-electron chi connectivity index (χ2n) is 4.40. The number of nitrogens with one attached hydrogen (secondary N) is 2. The van der Waals surface area contributed by atoms with Crippen LogP contribution in [0.25, 0.3) is 0 Å². The molecule has 1 atom stereocenters. The molecule has 1 unspecified atom stereocenters. The highest BCUT2D eigenvalue weighted by Crippen LogP contribution is 2.17. The second kappa shape index (κ2) is 8.04. The molecule has 1 aromatic rings. The lowest BCUT2D eigenvalue weighted by Gasteiger charge is -2.11. The zero-order valence-electron chi connectivity index (χ0n) is 11.9. The van der Waals surface area contributed by atoms with Crippen LogP contribution in [0.3, 0.4) is 0 Å². The molecule has 2 amide bonds. The summed E-state index contributed by atoms with van der Waals surface area (Å²) in [5.74, 6) is 0.660. The average Bonchev–Trinajstić information content (AvgIpc) is 2.44. The molecule has 2 N–H and O–H groups in total. The van der Waals surface area contributed by atoms with Gasteiger partial charge in [0.25, 0.3) is 0 Å². The quantitative estimate of drug-likeness (QED) is 0.869. The van der Waals surface area contributed by atoms with Gasteiger partial charge in [-0.2, -0.15) is 0 Å². The summed E-state index contributed by atoms with van der Waals surface area (Å²) < 4.78 is 10.0. The zero-order chi connectivity index (χ0) is 15.0. The standard InChI is InChI=1S/C14H20N2O4/c1-4-10(2)9-19-14(18)16-11-6-5-7-12(8-11)20-13(17)15-3/h5-8,10H,4,9H2,1-3H3,(H,15,17)(H,16,18). The normalized spacial score (nSPS) is 11.3. The van der Waals surface area contributed by atoms with Gasteiger partial charge in [-0.05, 0) is 18.1 Å². The molecule has 0 bridgehead atoms. The van der Waals surface area contributed by atoms with Crippen LogP contribution in [-0.4, -0.2) is 25.8 Å². The van der Waals surface area contributed by atoms with Crippen molar-refractivity contribution in [3.05, 3.63) is 24.3 Å². The van der Waals surface area contributed by atoms with Gasteiger partial charge in [0.2, 0.25) is 0 Å². The molecule has 0 spiro atoms. The number of anilines is 1. The Labute approximate surface area is 118 Å². The Kier molecular flexibility index (Phi) is 6.36. The van der Waals surface area contributed by atoms with Crippen LogP contribution < -0.4 is 15.4 Å². The van der Waals surface area contributed by atoms with Crippen molar-refractivity contribution in [1.29, 1.82) is 0 Å². The maximum absolute atomic E-state index is 11.6. The van der Waals surface area contributed by atoms with E-state index in [9.17, 15) is 9.59 Å². The van der Waals surface area contributed by atoms with Crippen molar-refractivity contribution in [3.63, 3.8) is 0 Å². The van der Waals surface area contributed by atoms with Crippen molar-refractivity contribution in [1.82, 2.24) is 5.32 Å². The van der Waals surface area contributed by atoms with E-state index in [2.05, 4.69) is 10.6 Å². The SMILES string of the molecule is CCC(C)COC(=O)Nc1cccc(OC(=O)NC)c1. The van der Waals surface area contributed by atoms with Crippen molar-refractivity contribution < 1.29 is 19.1 Å². The molecule has 6 heteroatoms. The van der Waals surface area contributed by atoms with Crippen LogP contribution in [0.2, 0.25) is 0 Å². The molecule has 0 saturated heterocycles. The third kappa shape index (κ3) is 5.60. The van der Waals surface area contributed by atoms with E-state index in [-0.39, 0.29) is 0 Å². The number of benzene rings is 1. The lowest BCUT2D eigenvalue weighted by atomic mass is 10.1. The highest BCUT2D eigenvalue weighted by molar-refractivity contribution is 5.85. The van der Waals surface area contributed by atoms with E-state index in [1.54, 1.807) is 24.3 Å². The van der Waals surface area contributed by atoms with E-state index >= 15 is 0 Å². The van der Waals surface area contributed by atoms with E-state index in [1.807, 2.05) is 13.8 Å². The highest BCUT2D eigenvalue weighted by Gasteiger charge is 2.07. The fraction of sp³-hybridized carbons (Fsp3) is 0.429. The molecule has 1 aromatic carbocycles. The minimum absolute atomic E-state index is 0.323. The molecule has 20 heavy (non-hydrogen) atoms. The van der Waals surface area contributed by atoms with Gasteiger partial charge in [0.05, 0.1) is 6.61 Å². The topological polar surface area (TPSA) is 76.7 Å². The van der Waals surface area contributed by atoms with Gasteiger partial charge in [-0.25, -0.2) is 9.59 Å². The summed E-state index contributed by atoms with van der Waals surface area (Å²) in [5.41, 5.74) is 0.501. The first-order valence-corrected chi connectivity index (χ1v) is 6.48. The third-order valence-electron chi connectivity index (χ3n) is 2.69. The molecule has 0 aromatic heterocycles. The number of carbonyl (C=O) groups excluding carboxylic acids is 2. The van der Waals surface area contributed by atoms with Crippen LogP contribution in [0.1, 0.15) is 20.3 Å². The maximum atomic E-state index is 11.6. The number of hydrogen-bond donors (Lipinski definition) is 2. The number of hydrogen-bond acceptors (Lipinski definition) is 4. The molecule has 110 valence electrons. The largest absolute Gasteiger partial charge is 0.449 e. The predicted molar refractivity (Wildman–Crippen MR) is 76.0 cm³/mol. The Hall–Kier alpha value is -2.24. The summed E-state index contributed by atoms with van der Waals surface area (Å²) in [6.07, 6.45) is -0.146. The van der Waals surface area contributed by atoms with Gasteiger partial charge in [0, 0.05) is 18.8 Å². The van der Waals surface area contributed by atoms with E-state index in [4.69, 9.17) is 9.47 Å². The van der Waals surface area contributed by atoms with Crippen LogP contribution in [0.5, 0.6) is 5.75 Å². The van der Waals surface area contributed by atoms with E-state index in [1.165, 1.54) is 7.05 Å². The fourth-order valence-corrected chi connectivity index (χ4v) is 1.29. The zero-order valence-corrected chi connectivity index (χ0v) is 11.9. The van der Waals surface area contributed by atoms with Gasteiger partial charge in [-0.1, -0.05) is 26.3 Å². The summed E-state index contributed by atoms with van der Waals surface area (Å²) in [5, 5.41) is 4.92. The van der Waals surface area contributed by atoms with Gasteiger partial charge in [0.15, 0.2) is 0 Å². The first kappa shape index (κ1) is 15.8. The van der Waals surface area contributed by atoms with Crippen molar-refractivity contribution in [2.45, 2.75) is 20.3 Å². The first-order chi connectivity index (χ1) is 9.55. The van der Waals surface area contributed by atoms with Gasteiger partial charge in [0.1, 0.15) is 5.75 Å². The molecular formula is C14H20N2O4. The average molecular weight is 280 g/mol. The monoisotopic (exact) mass is 280 g/mol. The molecular weight excluding hydrogens is 260 g/mol. The lowest BCUT2D eigenvalue weighted by Crippen LogP contribution is -2.22. The Morgan fingerprint density at radius 1 is 1.30 bits per heavy atom. The second-order valence-corrected chi connectivity index (χ2v) is 4.40. The number of ether oxygens (including phenoxy) is 2. The number of carbonyl (C=O) groups is 2. The fourth-order valence-electron chi connectivity index (χ4n) is 1.29. The van der Waals surface area contributed by atoms with Gasteiger partial charge < -0.3 is 14.8 Å². The molecule has 0 aliphatic carbocycles. The van der Waals surface area contributed by atoms with Crippen molar-refractivity contribution in [2.75, 3.05) is 19.0 Å². The van der Waals surface area contributed by atoms with Crippen molar-refractivity contribution >= 4 is 17.9 Å². The number of amides is 2. The molecule has 0 aliphatic heterocycles. The minimum Gasteiger partial charge on any atom is -0.449 e. The van der Waals surface area contributed by atoms with E-state index < -0.39 is 12.2 Å². The van der Waals surface area contributed by atoms with Gasteiger partial charge in [-0.3, -0.25) is 5.32 Å². The van der Waals surface area contributed by atoms with Crippen LogP contribution in [0.15, 0.2) is 24.3 Å². The van der Waals surface area contributed by atoms with E-state index in [0.29, 0.717) is 24.0 Å². The van der Waals surface area contributed by atoms with Crippen LogP contribution in [-0.2, 0) is 4.74 Å². The summed E-state index contributed by atoms with van der Waals surface area (Å²) in [6.45, 7) is 4.41. The summed E-state index contributed by atoms with van der Waals surface area (Å²) in [4.78, 5) is 22.6. The van der Waals surface area contributed by atoms with Crippen LogP contribution >= 0.6 is 0 Å². The van der Waals surface area contributed by atoms with Crippen molar-refractivity contribution in [2.24, 2.45) is 5.92 Å². The molecule has 0 fully saturated rings. The molecule has 1 rings (SSSR count). The smallest absolute Gasteiger partial charge is 0.412 e. The van der Waals surface area contributed by atoms with Crippen LogP contribution in [0, 0.1) is 5.92 Å². The summed E-state index contributed by atoms with van der Waals surface area (Å²) in [7, 11) is 1.47. The maximum Gasteiger partial charge on any atom is 0.412 e. The summed E-state index contributed by atoms with van der Waals surface area (Å²) in [6, 6.07) is 6.51. The lowest BCUT2D eigenvalue weighted by molar-refractivity contribution is 0.143. The third-order valence-corrected chi connectivity index (χ3v) is 2.69. The molecule has 0 radical (unpaired) electrons. The van der Waals surface area contributed by atoms with E-state index in [0.717, 1.165) is 6.42 Å². The van der Waals surface area contributed by atoms with Crippen molar-refractivity contribution in [3.8, 4) is 5.75 Å². The van der Waals surface area contributed by atoms with Crippen LogP contribution in [0.4, 0.5) is 15.3 Å². The first-order valence-electron chi connectivity index (χ1n) is 6.48. The minimum atomic E-state index is -0.568. The Morgan fingerprint density at radius 3 is 2.70 bits per heavy atom. The Balaban J connectivity index is 2.53.